The molecule has 0 bridgehead atoms. The van der Waals surface area contributed by atoms with Crippen molar-refractivity contribution in [2.24, 2.45) is 0 Å². The van der Waals surface area contributed by atoms with Crippen LogP contribution in [0.1, 0.15) is 26.2 Å². The lowest BCUT2D eigenvalue weighted by molar-refractivity contribution is 0.499. The molecule has 0 spiro atoms. The van der Waals surface area contributed by atoms with Gasteiger partial charge in [0.1, 0.15) is 20.2 Å². The molecular formula is C5H18O2Si3. The topological polar surface area (TPSA) is 18.5 Å². The molecule has 0 saturated carbocycles. The van der Waals surface area contributed by atoms with E-state index in [0.29, 0.717) is 0 Å². The van der Waals surface area contributed by atoms with Crippen LogP contribution in [0.3, 0.4) is 0 Å². The van der Waals surface area contributed by atoms with Crippen LogP contribution in [0.4, 0.5) is 0 Å². The van der Waals surface area contributed by atoms with Crippen molar-refractivity contribution in [3.63, 3.8) is 0 Å². The molecule has 2 nitrogen and oxygen atoms in total. The maximum atomic E-state index is 5.42. The molecule has 0 fully saturated rings. The molecule has 0 aliphatic rings. The summed E-state index contributed by atoms with van der Waals surface area (Å²) in [4.78, 5) is 0. The van der Waals surface area contributed by atoms with E-state index in [4.69, 9.17) is 8.23 Å². The smallest absolute Gasteiger partial charge is 0.282 e. The molecule has 0 unspecified atom stereocenters. The highest BCUT2D eigenvalue weighted by Crippen LogP contribution is 1.97. The summed E-state index contributed by atoms with van der Waals surface area (Å²) < 4.78 is 10.5. The standard InChI is InChI=1S/C5H18O2Si3/c1-2-3-4-5-9-7-10-6-8/h2-5,9-10H2,1,8H3. The molecule has 0 aromatic heterocycles. The van der Waals surface area contributed by atoms with Gasteiger partial charge in [0.25, 0.3) is 10.0 Å². The average Bonchev–Trinajstić information content (AvgIpc) is 1.97. The lowest BCUT2D eigenvalue weighted by atomic mass is 10.3. The van der Waals surface area contributed by atoms with Gasteiger partial charge in [0, 0.05) is 0 Å². The minimum atomic E-state index is -0.489. The first-order valence-corrected chi connectivity index (χ1v) is 7.53. The molecule has 0 atom stereocenters. The van der Waals surface area contributed by atoms with E-state index in [1.165, 1.54) is 25.3 Å². The molecule has 0 aromatic carbocycles. The van der Waals surface area contributed by atoms with Gasteiger partial charge in [0.2, 0.25) is 0 Å². The first-order valence-electron chi connectivity index (χ1n) is 3.98. The van der Waals surface area contributed by atoms with Crippen molar-refractivity contribution in [3.8, 4) is 0 Å². The Morgan fingerprint density at radius 2 is 2.20 bits per heavy atom. The molecule has 62 valence electrons. The molecule has 0 aromatic rings. The Morgan fingerprint density at radius 1 is 1.40 bits per heavy atom. The zero-order valence-electron chi connectivity index (χ0n) is 7.06. The van der Waals surface area contributed by atoms with Crippen LogP contribution in [-0.2, 0) is 8.23 Å². The van der Waals surface area contributed by atoms with Crippen molar-refractivity contribution in [1.29, 1.82) is 0 Å². The van der Waals surface area contributed by atoms with Gasteiger partial charge in [-0.25, -0.2) is 0 Å². The van der Waals surface area contributed by atoms with Crippen LogP contribution in [0, 0.1) is 0 Å². The van der Waals surface area contributed by atoms with Gasteiger partial charge in [-0.2, -0.15) is 0 Å². The van der Waals surface area contributed by atoms with Crippen LogP contribution < -0.4 is 0 Å². The summed E-state index contributed by atoms with van der Waals surface area (Å²) in [6, 6.07) is 1.35. The number of unbranched alkanes of at least 4 members (excludes halogenated alkanes) is 2. The fraction of sp³-hybridized carbons (Fsp3) is 1.00. The monoisotopic (exact) mass is 194 g/mol. The van der Waals surface area contributed by atoms with Crippen LogP contribution in [0.5, 0.6) is 0 Å². The quantitative estimate of drug-likeness (QED) is 0.382. The van der Waals surface area contributed by atoms with Crippen molar-refractivity contribution >= 4 is 30.3 Å². The van der Waals surface area contributed by atoms with Crippen molar-refractivity contribution in [3.05, 3.63) is 0 Å². The summed E-state index contributed by atoms with van der Waals surface area (Å²) >= 11 is 0. The Hall–Kier alpha value is 0.571. The molecule has 0 saturated heterocycles. The van der Waals surface area contributed by atoms with E-state index in [9.17, 15) is 0 Å². The summed E-state index contributed by atoms with van der Waals surface area (Å²) in [6.07, 6.45) is 4.07. The second-order valence-electron chi connectivity index (χ2n) is 2.38. The highest BCUT2D eigenvalue weighted by atomic mass is 28.3. The largest absolute Gasteiger partial charge is 0.449 e. The fourth-order valence-electron chi connectivity index (χ4n) is 0.773. The Kier molecular flexibility index (Phi) is 10.1. The Balaban J connectivity index is 2.65. The van der Waals surface area contributed by atoms with E-state index in [1.807, 2.05) is 0 Å². The van der Waals surface area contributed by atoms with E-state index in [0.717, 1.165) is 10.5 Å². The minimum absolute atomic E-state index is 0.161. The third kappa shape index (κ3) is 8.57. The summed E-state index contributed by atoms with van der Waals surface area (Å²) in [6.45, 7) is 2.23. The highest BCUT2D eigenvalue weighted by Gasteiger charge is 1.88. The Bertz CT molecular complexity index is 54.9. The number of rotatable bonds is 7. The van der Waals surface area contributed by atoms with Crippen LogP contribution >= 0.6 is 0 Å². The van der Waals surface area contributed by atoms with Crippen LogP contribution in [-0.4, -0.2) is 30.3 Å². The van der Waals surface area contributed by atoms with Crippen LogP contribution in [0.15, 0.2) is 0 Å². The third-order valence-corrected chi connectivity index (χ3v) is 4.90. The Labute approximate surface area is 71.2 Å². The molecule has 10 heavy (non-hydrogen) atoms. The molecule has 5 heteroatoms. The lowest BCUT2D eigenvalue weighted by Gasteiger charge is -2.00. The van der Waals surface area contributed by atoms with Gasteiger partial charge in [-0.05, 0) is 6.04 Å². The molecule has 0 amide bonds. The van der Waals surface area contributed by atoms with E-state index in [1.54, 1.807) is 0 Å². The second kappa shape index (κ2) is 9.57. The molecule has 0 radical (unpaired) electrons. The van der Waals surface area contributed by atoms with Crippen molar-refractivity contribution in [2.45, 2.75) is 32.2 Å². The third-order valence-electron chi connectivity index (χ3n) is 1.34. The van der Waals surface area contributed by atoms with Gasteiger partial charge in [0.05, 0.1) is 0 Å². The van der Waals surface area contributed by atoms with E-state index in [-0.39, 0.29) is 9.76 Å². The summed E-state index contributed by atoms with van der Waals surface area (Å²) in [5.41, 5.74) is 0. The van der Waals surface area contributed by atoms with Gasteiger partial charge in [0.15, 0.2) is 0 Å². The van der Waals surface area contributed by atoms with Crippen molar-refractivity contribution in [2.75, 3.05) is 0 Å². The summed E-state index contributed by atoms with van der Waals surface area (Å²) in [7, 11) is 0.218. The minimum Gasteiger partial charge on any atom is -0.449 e. The van der Waals surface area contributed by atoms with Crippen molar-refractivity contribution in [1.82, 2.24) is 0 Å². The predicted molar refractivity (Wildman–Crippen MR) is 53.5 cm³/mol. The van der Waals surface area contributed by atoms with Gasteiger partial charge in [-0.1, -0.05) is 26.2 Å². The first-order chi connectivity index (χ1) is 4.91. The van der Waals surface area contributed by atoms with E-state index < -0.39 is 10.0 Å². The predicted octanol–water partition coefficient (Wildman–Crippen LogP) is -1.01. The van der Waals surface area contributed by atoms with E-state index in [2.05, 4.69) is 6.92 Å². The second-order valence-corrected chi connectivity index (χ2v) is 7.67. The molecule has 0 aliphatic heterocycles. The number of hydrogen-bond donors (Lipinski definition) is 0. The summed E-state index contributed by atoms with van der Waals surface area (Å²) in [5, 5.41) is 0. The van der Waals surface area contributed by atoms with Crippen LogP contribution in [0.2, 0.25) is 6.04 Å². The SMILES string of the molecule is CCCCC[SiH2]O[SiH2]O[SiH3]. The molecular weight excluding hydrogens is 176 g/mol. The van der Waals surface area contributed by atoms with Gasteiger partial charge in [-0.15, -0.1) is 0 Å². The first kappa shape index (κ1) is 10.6. The lowest BCUT2D eigenvalue weighted by Crippen LogP contribution is -2.05. The normalized spacial score (nSPS) is 12.9. The Morgan fingerprint density at radius 3 is 2.80 bits per heavy atom. The summed E-state index contributed by atoms with van der Waals surface area (Å²) in [5.74, 6) is 0. The fourth-order valence-corrected chi connectivity index (χ4v) is 4.79. The van der Waals surface area contributed by atoms with Crippen molar-refractivity contribution < 1.29 is 8.23 Å². The highest BCUT2D eigenvalue weighted by molar-refractivity contribution is 6.41. The average molecular weight is 194 g/mol. The molecule has 0 N–H and O–H groups in total. The van der Waals surface area contributed by atoms with Crippen LogP contribution in [0.25, 0.3) is 0 Å². The zero-order valence-corrected chi connectivity index (χ0v) is 11.9. The maximum Gasteiger partial charge on any atom is 0.282 e. The van der Waals surface area contributed by atoms with Gasteiger partial charge < -0.3 is 8.23 Å². The van der Waals surface area contributed by atoms with Gasteiger partial charge in [-0.3, -0.25) is 0 Å². The maximum absolute atomic E-state index is 5.42. The number of hydrogen-bond acceptors (Lipinski definition) is 2. The van der Waals surface area contributed by atoms with Gasteiger partial charge >= 0.3 is 0 Å². The molecule has 0 aliphatic carbocycles. The molecule has 0 heterocycles. The van der Waals surface area contributed by atoms with E-state index >= 15 is 0 Å². The molecule has 0 rings (SSSR count). The zero-order chi connectivity index (χ0) is 7.66.